The smallest absolute Gasteiger partial charge is 0.422 e. The number of pyridine rings is 1. The number of aliphatic hydroxyl groups excluding tert-OH is 1. The van der Waals surface area contributed by atoms with Crippen molar-refractivity contribution in [2.75, 3.05) is 26.9 Å². The molecular formula is C37H46FN5O8. The number of aliphatic hydroxyl groups is 1. The molecule has 2 aliphatic heterocycles. The van der Waals surface area contributed by atoms with Gasteiger partial charge in [-0.05, 0) is 58.7 Å². The first-order valence-electron chi connectivity index (χ1n) is 16.9. The summed E-state index contributed by atoms with van der Waals surface area (Å²) in [5.41, 5.74) is 5.18. The first kappa shape index (κ1) is 37.6. The number of halogens is 1. The molecule has 6 unspecified atom stereocenters. The summed E-state index contributed by atoms with van der Waals surface area (Å²) in [6.07, 6.45) is 0.576. The molecular weight excluding hydrogens is 661 g/mol. The van der Waals surface area contributed by atoms with E-state index in [1.807, 2.05) is 36.4 Å². The summed E-state index contributed by atoms with van der Waals surface area (Å²) in [5, 5.41) is 18.8. The predicted octanol–water partition coefficient (Wildman–Crippen LogP) is 3.95. The standard InChI is InChI=1S/C37H46FN5O8/c1-37(2,3)32(41-35(46)48-4)33(45)40-29(18-23-10-12-25(13-11-23)26-8-6-15-39-19-26)30(44)21-43(20-24-7-5-9-27(38)17-24)42-36(47)51-31-22-50-34-28(31)14-16-49-34/h5-13,15,17,19,28-32,34,44H,14,16,18,20-22H2,1-4H3,(H,40,45)(H,41,46)(H,42,47). The van der Waals surface area contributed by atoms with Crippen LogP contribution in [-0.2, 0) is 36.7 Å². The molecule has 2 aliphatic rings. The van der Waals surface area contributed by atoms with Crippen LogP contribution in [0.4, 0.5) is 14.0 Å². The highest BCUT2D eigenvalue weighted by molar-refractivity contribution is 5.86. The van der Waals surface area contributed by atoms with Gasteiger partial charge in [-0.2, -0.15) is 0 Å². The van der Waals surface area contributed by atoms with E-state index in [1.165, 1.54) is 24.3 Å². The Labute approximate surface area is 296 Å². The number of rotatable bonds is 13. The molecule has 51 heavy (non-hydrogen) atoms. The highest BCUT2D eigenvalue weighted by atomic mass is 19.1. The first-order valence-corrected chi connectivity index (χ1v) is 16.9. The van der Waals surface area contributed by atoms with Crippen LogP contribution in [-0.4, -0.2) is 90.6 Å². The van der Waals surface area contributed by atoms with Gasteiger partial charge in [0.25, 0.3) is 0 Å². The Balaban J connectivity index is 1.37. The van der Waals surface area contributed by atoms with Gasteiger partial charge in [0.1, 0.15) is 18.0 Å². The number of nitrogens with zero attached hydrogens (tertiary/aromatic N) is 2. The van der Waals surface area contributed by atoms with Crippen LogP contribution in [0.5, 0.6) is 0 Å². The summed E-state index contributed by atoms with van der Waals surface area (Å²) in [4.78, 5) is 43.4. The molecule has 13 nitrogen and oxygen atoms in total. The lowest BCUT2D eigenvalue weighted by molar-refractivity contribution is -0.127. The summed E-state index contributed by atoms with van der Waals surface area (Å²) >= 11 is 0. The Bertz CT molecular complexity index is 1620. The van der Waals surface area contributed by atoms with Crippen LogP contribution in [0.2, 0.25) is 0 Å². The monoisotopic (exact) mass is 707 g/mol. The zero-order valence-electron chi connectivity index (χ0n) is 29.2. The van der Waals surface area contributed by atoms with E-state index < -0.39 is 59.9 Å². The number of alkyl carbamates (subject to hydrolysis) is 1. The predicted molar refractivity (Wildman–Crippen MR) is 184 cm³/mol. The van der Waals surface area contributed by atoms with Crippen LogP contribution in [0.25, 0.3) is 11.1 Å². The maximum Gasteiger partial charge on any atom is 0.422 e. The molecule has 2 fully saturated rings. The van der Waals surface area contributed by atoms with Crippen LogP contribution in [0.15, 0.2) is 73.1 Å². The van der Waals surface area contributed by atoms with Gasteiger partial charge in [-0.15, -0.1) is 0 Å². The maximum absolute atomic E-state index is 14.2. The molecule has 0 spiro atoms. The van der Waals surface area contributed by atoms with Crippen molar-refractivity contribution in [2.24, 2.45) is 11.3 Å². The second-order valence-electron chi connectivity index (χ2n) is 13.9. The summed E-state index contributed by atoms with van der Waals surface area (Å²) in [6, 6.07) is 15.4. The number of hydrogen-bond acceptors (Lipinski definition) is 10. The number of amides is 3. The lowest BCUT2D eigenvalue weighted by atomic mass is 9.85. The molecule has 0 bridgehead atoms. The van der Waals surface area contributed by atoms with E-state index in [-0.39, 0.29) is 32.0 Å². The second kappa shape index (κ2) is 17.1. The van der Waals surface area contributed by atoms with Crippen molar-refractivity contribution in [1.82, 2.24) is 26.1 Å². The Hall–Kier alpha value is -4.63. The molecule has 2 saturated heterocycles. The van der Waals surface area contributed by atoms with E-state index in [1.54, 1.807) is 45.3 Å². The number of benzene rings is 2. The highest BCUT2D eigenvalue weighted by Crippen LogP contribution is 2.33. The molecule has 3 aromatic rings. The van der Waals surface area contributed by atoms with E-state index in [4.69, 9.17) is 18.9 Å². The quantitative estimate of drug-likeness (QED) is 0.192. The van der Waals surface area contributed by atoms with Crippen molar-refractivity contribution < 1.29 is 42.8 Å². The van der Waals surface area contributed by atoms with Crippen molar-refractivity contribution in [3.63, 3.8) is 0 Å². The third-order valence-electron chi connectivity index (χ3n) is 8.94. The van der Waals surface area contributed by atoms with Crippen molar-refractivity contribution >= 4 is 18.1 Å². The number of ether oxygens (including phenoxy) is 4. The molecule has 274 valence electrons. The van der Waals surface area contributed by atoms with E-state index in [2.05, 4.69) is 21.0 Å². The summed E-state index contributed by atoms with van der Waals surface area (Å²) in [7, 11) is 1.21. The SMILES string of the molecule is COC(=O)NC(C(=O)NC(Cc1ccc(-c2cccnc2)cc1)C(O)CN(Cc1cccc(F)c1)NC(=O)OC1COC2OCCC12)C(C)(C)C. The van der Waals surface area contributed by atoms with E-state index in [0.717, 1.165) is 16.7 Å². The maximum atomic E-state index is 14.2. The number of hydrogen-bond donors (Lipinski definition) is 4. The minimum absolute atomic E-state index is 0.00916. The molecule has 0 radical (unpaired) electrons. The third-order valence-corrected chi connectivity index (χ3v) is 8.94. The van der Waals surface area contributed by atoms with Gasteiger partial charge in [0.05, 0.1) is 38.4 Å². The van der Waals surface area contributed by atoms with Gasteiger partial charge < -0.3 is 34.7 Å². The zero-order chi connectivity index (χ0) is 36.5. The molecule has 4 N–H and O–H groups in total. The van der Waals surface area contributed by atoms with Gasteiger partial charge in [0.15, 0.2) is 6.29 Å². The van der Waals surface area contributed by atoms with Crippen LogP contribution in [0.1, 0.15) is 38.3 Å². The molecule has 0 aliphatic carbocycles. The average Bonchev–Trinajstić information content (AvgIpc) is 3.72. The summed E-state index contributed by atoms with van der Waals surface area (Å²) in [6.45, 7) is 5.90. The lowest BCUT2D eigenvalue weighted by Crippen LogP contribution is -2.59. The molecule has 0 saturated carbocycles. The van der Waals surface area contributed by atoms with Crippen molar-refractivity contribution in [3.8, 4) is 11.1 Å². The van der Waals surface area contributed by atoms with Crippen molar-refractivity contribution in [3.05, 3.63) is 90.0 Å². The molecule has 3 amide bonds. The van der Waals surface area contributed by atoms with E-state index in [9.17, 15) is 23.9 Å². The molecule has 14 heteroatoms. The summed E-state index contributed by atoms with van der Waals surface area (Å²) < 4.78 is 35.8. The van der Waals surface area contributed by atoms with Crippen molar-refractivity contribution in [1.29, 1.82) is 0 Å². The van der Waals surface area contributed by atoms with Crippen LogP contribution in [0.3, 0.4) is 0 Å². The third kappa shape index (κ3) is 10.4. The van der Waals surface area contributed by atoms with Crippen LogP contribution in [0, 0.1) is 17.2 Å². The molecule has 6 atom stereocenters. The number of methoxy groups -OCH3 is 1. The van der Waals surface area contributed by atoms with Gasteiger partial charge in [0.2, 0.25) is 5.91 Å². The number of carbonyl (C=O) groups excluding carboxylic acids is 3. The number of carbonyl (C=O) groups is 3. The van der Waals surface area contributed by atoms with Crippen molar-refractivity contribution in [2.45, 2.75) is 70.7 Å². The highest BCUT2D eigenvalue weighted by Gasteiger charge is 2.44. The minimum atomic E-state index is -1.28. The lowest BCUT2D eigenvalue weighted by Gasteiger charge is -2.34. The van der Waals surface area contributed by atoms with Crippen LogP contribution >= 0.6 is 0 Å². The number of fused-ring (bicyclic) bond motifs is 1. The minimum Gasteiger partial charge on any atom is -0.453 e. The second-order valence-corrected chi connectivity index (χ2v) is 13.9. The Morgan fingerprint density at radius 2 is 1.80 bits per heavy atom. The number of nitrogens with one attached hydrogen (secondary N) is 3. The normalized spacial score (nSPS) is 20.2. The largest absolute Gasteiger partial charge is 0.453 e. The number of hydrazine groups is 1. The zero-order valence-corrected chi connectivity index (χ0v) is 29.2. The summed E-state index contributed by atoms with van der Waals surface area (Å²) in [5.74, 6) is -1.09. The van der Waals surface area contributed by atoms with Gasteiger partial charge in [-0.3, -0.25) is 15.2 Å². The molecule has 2 aromatic carbocycles. The number of aromatic nitrogens is 1. The van der Waals surface area contributed by atoms with E-state index in [0.29, 0.717) is 18.6 Å². The fraction of sp³-hybridized carbons (Fsp3) is 0.459. The van der Waals surface area contributed by atoms with Crippen LogP contribution < -0.4 is 16.1 Å². The Morgan fingerprint density at radius 3 is 2.49 bits per heavy atom. The topological polar surface area (TPSA) is 161 Å². The van der Waals surface area contributed by atoms with Gasteiger partial charge in [-0.25, -0.2) is 19.0 Å². The van der Waals surface area contributed by atoms with Gasteiger partial charge in [0, 0.05) is 25.5 Å². The Morgan fingerprint density at radius 1 is 1.02 bits per heavy atom. The molecule has 5 rings (SSSR count). The first-order chi connectivity index (χ1) is 24.4. The Kier molecular flexibility index (Phi) is 12.6. The van der Waals surface area contributed by atoms with Gasteiger partial charge >= 0.3 is 12.2 Å². The average molecular weight is 708 g/mol. The molecule has 3 heterocycles. The molecule has 1 aromatic heterocycles. The van der Waals surface area contributed by atoms with E-state index >= 15 is 0 Å². The van der Waals surface area contributed by atoms with Gasteiger partial charge in [-0.1, -0.05) is 63.2 Å². The fourth-order valence-corrected chi connectivity index (χ4v) is 6.22. The fourth-order valence-electron chi connectivity index (χ4n) is 6.22.